The molecule has 0 aliphatic carbocycles. The summed E-state index contributed by atoms with van der Waals surface area (Å²) < 4.78 is 5.71. The maximum Gasteiger partial charge on any atom is 0.226 e. The number of amides is 2. The highest BCUT2D eigenvalue weighted by molar-refractivity contribution is 5.80. The third kappa shape index (κ3) is 4.23. The topological polar surface area (TPSA) is 72.6 Å². The van der Waals surface area contributed by atoms with Crippen molar-refractivity contribution in [3.05, 3.63) is 29.3 Å². The lowest BCUT2D eigenvalue weighted by Crippen LogP contribution is -2.44. The van der Waals surface area contributed by atoms with Gasteiger partial charge in [-0.25, -0.2) is 0 Å². The van der Waals surface area contributed by atoms with Crippen molar-refractivity contribution < 1.29 is 14.3 Å². The second-order valence-electron chi connectivity index (χ2n) is 5.95. The van der Waals surface area contributed by atoms with E-state index in [0.29, 0.717) is 26.1 Å². The summed E-state index contributed by atoms with van der Waals surface area (Å²) in [5.41, 5.74) is 7.53. The summed E-state index contributed by atoms with van der Waals surface area (Å²) in [4.78, 5) is 25.2. The highest BCUT2D eigenvalue weighted by atomic mass is 16.5. The van der Waals surface area contributed by atoms with E-state index < -0.39 is 0 Å². The summed E-state index contributed by atoms with van der Waals surface area (Å²) in [6.45, 7) is 5.48. The number of rotatable bonds is 5. The number of likely N-dealkylation sites (tertiary alicyclic amines) is 1. The molecule has 0 radical (unpaired) electrons. The summed E-state index contributed by atoms with van der Waals surface area (Å²) in [6, 6.07) is 6.02. The number of benzene rings is 1. The van der Waals surface area contributed by atoms with Gasteiger partial charge in [-0.15, -0.1) is 0 Å². The molecule has 0 aromatic heterocycles. The lowest BCUT2D eigenvalue weighted by molar-refractivity contribution is -0.135. The van der Waals surface area contributed by atoms with Gasteiger partial charge >= 0.3 is 0 Å². The van der Waals surface area contributed by atoms with Gasteiger partial charge in [0.15, 0.2) is 0 Å². The standard InChI is InChI=1S/C17H24N2O3/c1-12-5-6-13(2)15(10-12)22-9-7-16(20)19-8-3-4-14(11-19)17(18)21/h5-6,10,14H,3-4,7-9,11H2,1-2H3,(H2,18,21). The smallest absolute Gasteiger partial charge is 0.226 e. The van der Waals surface area contributed by atoms with Gasteiger partial charge in [-0.2, -0.15) is 0 Å². The van der Waals surface area contributed by atoms with E-state index in [1.165, 1.54) is 0 Å². The molecule has 1 atom stereocenters. The first-order chi connectivity index (χ1) is 10.5. The van der Waals surface area contributed by atoms with Gasteiger partial charge in [-0.1, -0.05) is 12.1 Å². The van der Waals surface area contributed by atoms with Crippen LogP contribution in [0, 0.1) is 19.8 Å². The average molecular weight is 304 g/mol. The minimum atomic E-state index is -0.316. The van der Waals surface area contributed by atoms with Gasteiger partial charge in [0.25, 0.3) is 0 Å². The third-order valence-electron chi connectivity index (χ3n) is 4.09. The van der Waals surface area contributed by atoms with Crippen LogP contribution in [0.2, 0.25) is 0 Å². The third-order valence-corrected chi connectivity index (χ3v) is 4.09. The Labute approximate surface area is 131 Å². The van der Waals surface area contributed by atoms with Crippen molar-refractivity contribution in [1.29, 1.82) is 0 Å². The first-order valence-electron chi connectivity index (χ1n) is 7.74. The Morgan fingerprint density at radius 1 is 1.36 bits per heavy atom. The molecule has 5 nitrogen and oxygen atoms in total. The van der Waals surface area contributed by atoms with E-state index in [1.807, 2.05) is 32.0 Å². The molecule has 1 heterocycles. The Morgan fingerprint density at radius 3 is 2.86 bits per heavy atom. The summed E-state index contributed by atoms with van der Waals surface area (Å²) in [5, 5.41) is 0. The highest BCUT2D eigenvalue weighted by Gasteiger charge is 2.26. The van der Waals surface area contributed by atoms with Crippen LogP contribution in [0.4, 0.5) is 0 Å². The summed E-state index contributed by atoms with van der Waals surface area (Å²) in [6.07, 6.45) is 1.92. The molecule has 1 aliphatic rings. The van der Waals surface area contributed by atoms with Crippen molar-refractivity contribution >= 4 is 11.8 Å². The molecule has 5 heteroatoms. The van der Waals surface area contributed by atoms with Crippen LogP contribution in [0.5, 0.6) is 5.75 Å². The second-order valence-corrected chi connectivity index (χ2v) is 5.95. The molecule has 0 saturated carbocycles. The van der Waals surface area contributed by atoms with Gasteiger partial charge in [-0.3, -0.25) is 9.59 Å². The van der Waals surface area contributed by atoms with Crippen LogP contribution in [0.3, 0.4) is 0 Å². The normalized spacial score (nSPS) is 18.1. The predicted molar refractivity (Wildman–Crippen MR) is 84.5 cm³/mol. The zero-order chi connectivity index (χ0) is 16.1. The monoisotopic (exact) mass is 304 g/mol. The van der Waals surface area contributed by atoms with Crippen LogP contribution in [-0.4, -0.2) is 36.4 Å². The molecule has 1 aliphatic heterocycles. The van der Waals surface area contributed by atoms with Crippen LogP contribution in [-0.2, 0) is 9.59 Å². The van der Waals surface area contributed by atoms with Crippen LogP contribution in [0.1, 0.15) is 30.4 Å². The summed E-state index contributed by atoms with van der Waals surface area (Å²) in [5.74, 6) is 0.319. The van der Waals surface area contributed by atoms with E-state index in [4.69, 9.17) is 10.5 Å². The molecular formula is C17H24N2O3. The van der Waals surface area contributed by atoms with Crippen molar-refractivity contribution in [1.82, 2.24) is 4.90 Å². The van der Waals surface area contributed by atoms with Gasteiger partial charge in [0.1, 0.15) is 5.75 Å². The van der Waals surface area contributed by atoms with E-state index >= 15 is 0 Å². The Bertz CT molecular complexity index is 557. The number of aryl methyl sites for hydroxylation is 2. The maximum absolute atomic E-state index is 12.2. The number of ether oxygens (including phenoxy) is 1. The van der Waals surface area contributed by atoms with Crippen molar-refractivity contribution in [2.75, 3.05) is 19.7 Å². The van der Waals surface area contributed by atoms with Gasteiger partial charge in [-0.05, 0) is 43.9 Å². The fourth-order valence-corrected chi connectivity index (χ4v) is 2.71. The predicted octanol–water partition coefficient (Wildman–Crippen LogP) is 1.80. The van der Waals surface area contributed by atoms with Gasteiger partial charge < -0.3 is 15.4 Å². The van der Waals surface area contributed by atoms with Crippen LogP contribution in [0.25, 0.3) is 0 Å². The Balaban J connectivity index is 1.82. The molecule has 1 fully saturated rings. The zero-order valence-electron chi connectivity index (χ0n) is 13.3. The average Bonchev–Trinajstić information content (AvgIpc) is 2.50. The van der Waals surface area contributed by atoms with Gasteiger partial charge in [0.05, 0.1) is 18.9 Å². The number of carbonyl (C=O) groups excluding carboxylic acids is 2. The fourth-order valence-electron chi connectivity index (χ4n) is 2.71. The molecule has 2 amide bonds. The van der Waals surface area contributed by atoms with Crippen molar-refractivity contribution in [3.8, 4) is 5.75 Å². The number of nitrogens with zero attached hydrogens (tertiary/aromatic N) is 1. The first-order valence-corrected chi connectivity index (χ1v) is 7.74. The largest absolute Gasteiger partial charge is 0.493 e. The number of hydrogen-bond acceptors (Lipinski definition) is 3. The SMILES string of the molecule is Cc1ccc(C)c(OCCC(=O)N2CCCC(C(N)=O)C2)c1. The number of carbonyl (C=O) groups is 2. The number of hydrogen-bond donors (Lipinski definition) is 1. The van der Waals surface area contributed by atoms with E-state index in [2.05, 4.69) is 0 Å². The molecule has 0 bridgehead atoms. The fraction of sp³-hybridized carbons (Fsp3) is 0.529. The number of piperidine rings is 1. The van der Waals surface area contributed by atoms with Crippen molar-refractivity contribution in [3.63, 3.8) is 0 Å². The minimum Gasteiger partial charge on any atom is -0.493 e. The van der Waals surface area contributed by atoms with E-state index in [-0.39, 0.29) is 17.7 Å². The molecule has 1 aromatic carbocycles. The molecule has 1 saturated heterocycles. The lowest BCUT2D eigenvalue weighted by Gasteiger charge is -2.31. The highest BCUT2D eigenvalue weighted by Crippen LogP contribution is 2.20. The molecule has 120 valence electrons. The first kappa shape index (κ1) is 16.3. The molecule has 2 N–H and O–H groups in total. The van der Waals surface area contributed by atoms with Crippen LogP contribution in [0.15, 0.2) is 18.2 Å². The second kappa shape index (κ2) is 7.29. The summed E-state index contributed by atoms with van der Waals surface area (Å²) in [7, 11) is 0. The lowest BCUT2D eigenvalue weighted by atomic mass is 9.97. The Hall–Kier alpha value is -2.04. The van der Waals surface area contributed by atoms with E-state index in [0.717, 1.165) is 29.7 Å². The molecule has 1 aromatic rings. The van der Waals surface area contributed by atoms with Crippen LogP contribution >= 0.6 is 0 Å². The summed E-state index contributed by atoms with van der Waals surface area (Å²) >= 11 is 0. The van der Waals surface area contributed by atoms with Gasteiger partial charge in [0, 0.05) is 13.1 Å². The Kier molecular flexibility index (Phi) is 5.41. The Morgan fingerprint density at radius 2 is 2.14 bits per heavy atom. The van der Waals surface area contributed by atoms with Crippen molar-refractivity contribution in [2.24, 2.45) is 11.7 Å². The molecule has 0 spiro atoms. The molecule has 22 heavy (non-hydrogen) atoms. The number of primary amides is 1. The quantitative estimate of drug-likeness (QED) is 0.901. The molecule has 2 rings (SSSR count). The van der Waals surface area contributed by atoms with Gasteiger partial charge in [0.2, 0.25) is 11.8 Å². The molecular weight excluding hydrogens is 280 g/mol. The maximum atomic E-state index is 12.2. The number of nitrogens with two attached hydrogens (primary N) is 1. The van der Waals surface area contributed by atoms with E-state index in [9.17, 15) is 9.59 Å². The minimum absolute atomic E-state index is 0.0243. The van der Waals surface area contributed by atoms with Crippen molar-refractivity contribution in [2.45, 2.75) is 33.1 Å². The van der Waals surface area contributed by atoms with E-state index in [1.54, 1.807) is 4.90 Å². The zero-order valence-corrected chi connectivity index (χ0v) is 13.3. The van der Waals surface area contributed by atoms with Crippen LogP contribution < -0.4 is 10.5 Å². The molecule has 1 unspecified atom stereocenters.